The van der Waals surface area contributed by atoms with Gasteiger partial charge >= 0.3 is 0 Å². The van der Waals surface area contributed by atoms with Crippen LogP contribution < -0.4 is 0 Å². The van der Waals surface area contributed by atoms with Crippen LogP contribution in [0, 0.1) is 5.41 Å². The zero-order chi connectivity index (χ0) is 17.0. The van der Waals surface area contributed by atoms with Gasteiger partial charge in [-0.15, -0.1) is 0 Å². The minimum Gasteiger partial charge on any atom is -0.393 e. The molecule has 0 aliphatic heterocycles. The molecule has 0 spiro atoms. The molecule has 2 aliphatic carbocycles. The van der Waals surface area contributed by atoms with E-state index >= 15 is 0 Å². The third-order valence-corrected chi connectivity index (χ3v) is 6.47. The molecule has 3 heteroatoms. The summed E-state index contributed by atoms with van der Waals surface area (Å²) in [7, 11) is 0. The Balaban J connectivity index is 1.63. The molecule has 1 aromatic heterocycles. The highest BCUT2D eigenvalue weighted by molar-refractivity contribution is 5.82. The smallest absolute Gasteiger partial charge is 0.159 e. The molecule has 2 aromatic carbocycles. The second kappa shape index (κ2) is 5.37. The molecule has 0 amide bonds. The van der Waals surface area contributed by atoms with Gasteiger partial charge in [0.1, 0.15) is 0 Å². The van der Waals surface area contributed by atoms with E-state index in [1.807, 2.05) is 36.5 Å². The number of fused-ring (bicyclic) bond motifs is 4. The summed E-state index contributed by atoms with van der Waals surface area (Å²) in [5.41, 5.74) is 4.92. The number of aliphatic hydroxyl groups is 1. The van der Waals surface area contributed by atoms with Crippen LogP contribution in [0.25, 0.3) is 22.3 Å². The predicted octanol–water partition coefficient (Wildman–Crippen LogP) is 4.49. The van der Waals surface area contributed by atoms with Gasteiger partial charge in [0, 0.05) is 22.6 Å². The Labute approximate surface area is 147 Å². The lowest BCUT2D eigenvalue weighted by molar-refractivity contribution is 0.0457. The minimum atomic E-state index is -0.168. The number of aryl methyl sites for hydroxylation is 1. The average molecular weight is 330 g/mol. The molecule has 1 saturated carbocycles. The fourth-order valence-corrected chi connectivity index (χ4v) is 4.88. The van der Waals surface area contributed by atoms with Gasteiger partial charge in [-0.2, -0.15) is 0 Å². The summed E-state index contributed by atoms with van der Waals surface area (Å²) in [6.45, 7) is 2.26. The van der Waals surface area contributed by atoms with E-state index in [0.29, 0.717) is 5.92 Å². The number of nitrogens with zero attached hydrogens (tertiary/aromatic N) is 2. The van der Waals surface area contributed by atoms with Gasteiger partial charge in [0.2, 0.25) is 0 Å². The molecule has 0 unspecified atom stereocenters. The van der Waals surface area contributed by atoms with Crippen LogP contribution in [0.1, 0.15) is 43.2 Å². The third-order valence-electron chi connectivity index (χ3n) is 6.47. The summed E-state index contributed by atoms with van der Waals surface area (Å²) >= 11 is 0. The van der Waals surface area contributed by atoms with E-state index in [0.717, 1.165) is 48.0 Å². The highest BCUT2D eigenvalue weighted by atomic mass is 16.3. The summed E-state index contributed by atoms with van der Waals surface area (Å²) in [6.07, 6.45) is 5.87. The summed E-state index contributed by atoms with van der Waals surface area (Å²) in [5.74, 6) is 1.24. The molecule has 3 aromatic rings. The lowest BCUT2D eigenvalue weighted by atomic mass is 9.66. The van der Waals surface area contributed by atoms with E-state index in [4.69, 9.17) is 4.98 Å². The van der Waals surface area contributed by atoms with Crippen molar-refractivity contribution in [3.05, 3.63) is 59.8 Å². The maximum atomic E-state index is 10.5. The molecule has 2 aliphatic rings. The van der Waals surface area contributed by atoms with Crippen LogP contribution in [-0.4, -0.2) is 21.2 Å². The maximum Gasteiger partial charge on any atom is 0.159 e. The quantitative estimate of drug-likeness (QED) is 0.715. The van der Waals surface area contributed by atoms with Crippen molar-refractivity contribution in [2.75, 3.05) is 0 Å². The highest BCUT2D eigenvalue weighted by Crippen LogP contribution is 2.55. The molecule has 1 N–H and O–H groups in total. The molecule has 126 valence electrons. The number of aromatic nitrogens is 2. The first kappa shape index (κ1) is 15.0. The Morgan fingerprint density at radius 2 is 1.96 bits per heavy atom. The van der Waals surface area contributed by atoms with Crippen molar-refractivity contribution in [3.63, 3.8) is 0 Å². The lowest BCUT2D eigenvalue weighted by Gasteiger charge is -2.40. The summed E-state index contributed by atoms with van der Waals surface area (Å²) < 4.78 is 0. The Bertz CT molecular complexity index is 953. The molecular formula is C22H22N2O. The van der Waals surface area contributed by atoms with Crippen molar-refractivity contribution in [1.82, 2.24) is 9.97 Å². The molecule has 3 nitrogen and oxygen atoms in total. The monoisotopic (exact) mass is 330 g/mol. The van der Waals surface area contributed by atoms with E-state index in [-0.39, 0.29) is 11.5 Å². The number of hydrogen-bond acceptors (Lipinski definition) is 3. The van der Waals surface area contributed by atoms with Crippen LogP contribution in [0.5, 0.6) is 0 Å². The Hall–Kier alpha value is -2.26. The number of aliphatic hydroxyl groups excluding tert-OH is 1. The van der Waals surface area contributed by atoms with Crippen molar-refractivity contribution >= 4 is 10.9 Å². The van der Waals surface area contributed by atoms with Crippen LogP contribution in [-0.2, 0) is 6.42 Å². The lowest BCUT2D eigenvalue weighted by Crippen LogP contribution is -2.35. The summed E-state index contributed by atoms with van der Waals surface area (Å²) in [6, 6.07) is 14.7. The fraction of sp³-hybridized carbons (Fsp3) is 0.364. The molecule has 5 rings (SSSR count). The fourth-order valence-electron chi connectivity index (χ4n) is 4.88. The first-order valence-electron chi connectivity index (χ1n) is 9.18. The van der Waals surface area contributed by atoms with Crippen LogP contribution in [0.4, 0.5) is 0 Å². The van der Waals surface area contributed by atoms with Gasteiger partial charge in [-0.1, -0.05) is 37.3 Å². The Morgan fingerprint density at radius 3 is 2.80 bits per heavy atom. The van der Waals surface area contributed by atoms with Crippen molar-refractivity contribution in [2.24, 2.45) is 5.41 Å². The van der Waals surface area contributed by atoms with Gasteiger partial charge in [-0.25, -0.2) is 9.97 Å². The molecule has 0 saturated heterocycles. The first-order valence-corrected chi connectivity index (χ1v) is 9.18. The van der Waals surface area contributed by atoms with Gasteiger partial charge in [-0.05, 0) is 54.9 Å². The number of hydrogen-bond donors (Lipinski definition) is 1. The second-order valence-electron chi connectivity index (χ2n) is 7.82. The highest BCUT2D eigenvalue weighted by Gasteiger charge is 2.48. The Morgan fingerprint density at radius 1 is 1.12 bits per heavy atom. The van der Waals surface area contributed by atoms with E-state index < -0.39 is 0 Å². The van der Waals surface area contributed by atoms with Crippen molar-refractivity contribution in [1.29, 1.82) is 0 Å². The average Bonchev–Trinajstić information content (AvgIpc) is 2.96. The van der Waals surface area contributed by atoms with E-state index in [1.54, 1.807) is 0 Å². The minimum absolute atomic E-state index is 0.0332. The zero-order valence-electron chi connectivity index (χ0n) is 14.4. The van der Waals surface area contributed by atoms with E-state index in [9.17, 15) is 5.11 Å². The Kier molecular flexibility index (Phi) is 3.23. The second-order valence-corrected chi connectivity index (χ2v) is 7.82. The standard InChI is InChI=1S/C22H22N2O/c1-22-10-9-15-12-19-16(11-17(15)18(22)7-8-20(22)25)13-23-21(24-19)14-5-3-2-4-6-14/h2-6,11-13,18,20,25H,7-10H2,1H3/t18-,20-,22-/m0/s1. The first-order chi connectivity index (χ1) is 12.1. The van der Waals surface area contributed by atoms with Crippen LogP contribution >= 0.6 is 0 Å². The third kappa shape index (κ3) is 2.22. The molecule has 0 radical (unpaired) electrons. The van der Waals surface area contributed by atoms with E-state index in [1.165, 1.54) is 11.1 Å². The molecule has 1 fully saturated rings. The SMILES string of the molecule is C[C@]12CCc3cc4nc(-c5ccccc5)ncc4cc3[C@@H]1CC[C@@H]2O. The number of rotatable bonds is 1. The summed E-state index contributed by atoms with van der Waals surface area (Å²) in [5, 5.41) is 11.6. The molecule has 25 heavy (non-hydrogen) atoms. The molecular weight excluding hydrogens is 308 g/mol. The van der Waals surface area contributed by atoms with Crippen LogP contribution in [0.15, 0.2) is 48.7 Å². The van der Waals surface area contributed by atoms with Gasteiger partial charge in [0.15, 0.2) is 5.82 Å². The van der Waals surface area contributed by atoms with Gasteiger partial charge in [0.25, 0.3) is 0 Å². The molecule has 3 atom stereocenters. The van der Waals surface area contributed by atoms with E-state index in [2.05, 4.69) is 24.0 Å². The molecule has 0 bridgehead atoms. The van der Waals surface area contributed by atoms with Crippen molar-refractivity contribution in [2.45, 2.75) is 44.6 Å². The van der Waals surface area contributed by atoms with Crippen LogP contribution in [0.2, 0.25) is 0 Å². The number of benzene rings is 2. The van der Waals surface area contributed by atoms with Crippen LogP contribution in [0.3, 0.4) is 0 Å². The molecule has 1 heterocycles. The van der Waals surface area contributed by atoms with Gasteiger partial charge < -0.3 is 5.11 Å². The predicted molar refractivity (Wildman–Crippen MR) is 99.4 cm³/mol. The maximum absolute atomic E-state index is 10.5. The summed E-state index contributed by atoms with van der Waals surface area (Å²) in [4.78, 5) is 9.39. The van der Waals surface area contributed by atoms with Crippen molar-refractivity contribution < 1.29 is 5.11 Å². The van der Waals surface area contributed by atoms with Crippen molar-refractivity contribution in [3.8, 4) is 11.4 Å². The topological polar surface area (TPSA) is 46.0 Å². The van der Waals surface area contributed by atoms with Gasteiger partial charge in [0.05, 0.1) is 11.6 Å². The normalized spacial score (nSPS) is 27.9. The zero-order valence-corrected chi connectivity index (χ0v) is 14.4. The van der Waals surface area contributed by atoms with Gasteiger partial charge in [-0.3, -0.25) is 0 Å². The largest absolute Gasteiger partial charge is 0.393 e.